The first-order valence-corrected chi connectivity index (χ1v) is 21.7. The quantitative estimate of drug-likeness (QED) is 0.0546. The molecule has 1 aliphatic heterocycles. The lowest BCUT2D eigenvalue weighted by Crippen LogP contribution is -2.33. The zero-order chi connectivity index (χ0) is 46.9. The fraction of sp³-hybridized carbons (Fsp3) is 0.111. The number of nitrogens with zero attached hydrogens (tertiary/aromatic N) is 8. The Morgan fingerprint density at radius 2 is 1.31 bits per heavy atom. The highest BCUT2D eigenvalue weighted by Crippen LogP contribution is 2.45. The molecule has 0 radical (unpaired) electrons. The minimum Gasteiger partial charge on any atom is -0.505 e. The summed E-state index contributed by atoms with van der Waals surface area (Å²) in [5.41, 5.74) is -2.16. The van der Waals surface area contributed by atoms with E-state index in [0.29, 0.717) is 5.01 Å². The predicted octanol–water partition coefficient (Wildman–Crippen LogP) is 6.03. The summed E-state index contributed by atoms with van der Waals surface area (Å²) in [7, 11) is -12.2. The highest BCUT2D eigenvalue weighted by Gasteiger charge is 2.41. The second kappa shape index (κ2) is 17.6. The fourth-order valence-electron chi connectivity index (χ4n) is 5.79. The van der Waals surface area contributed by atoms with Crippen LogP contribution in [0.1, 0.15) is 6.92 Å². The summed E-state index contributed by atoms with van der Waals surface area (Å²) < 4.78 is 112. The maximum atomic E-state index is 13.2. The van der Waals surface area contributed by atoms with Gasteiger partial charge in [-0.3, -0.25) is 23.2 Å². The van der Waals surface area contributed by atoms with Crippen LogP contribution in [0.3, 0.4) is 0 Å². The molecule has 28 heteroatoms. The topological polar surface area (TPSA) is 375 Å². The highest BCUT2D eigenvalue weighted by molar-refractivity contribution is 7.86. The van der Waals surface area contributed by atoms with Crippen LogP contribution in [0, 0.1) is 0 Å². The van der Waals surface area contributed by atoms with Crippen LogP contribution < -0.4 is 19.8 Å². The summed E-state index contributed by atoms with van der Waals surface area (Å²) in [5.74, 6) is -4.11. The van der Waals surface area contributed by atoms with Crippen LogP contribution in [0.25, 0.3) is 10.8 Å². The predicted molar refractivity (Wildman–Crippen MR) is 221 cm³/mol. The number of carboxylic acids is 1. The van der Waals surface area contributed by atoms with Crippen molar-refractivity contribution in [3.05, 3.63) is 78.9 Å². The van der Waals surface area contributed by atoms with Gasteiger partial charge >= 0.3 is 5.97 Å². The van der Waals surface area contributed by atoms with Gasteiger partial charge in [-0.15, -0.1) is 20.5 Å². The van der Waals surface area contributed by atoms with Gasteiger partial charge in [0.1, 0.15) is 44.0 Å². The Balaban J connectivity index is 1.32. The number of hydrogen-bond donors (Lipinski definition) is 6. The molecule has 6 rings (SSSR count). The summed E-state index contributed by atoms with van der Waals surface area (Å²) in [5, 5.41) is 51.2. The number of amides is 2. The monoisotopic (exact) mass is 939 g/mol. The van der Waals surface area contributed by atoms with Crippen molar-refractivity contribution in [2.24, 2.45) is 35.8 Å². The Bertz CT molecular complexity index is 3250. The second-order valence-electron chi connectivity index (χ2n) is 12.9. The molecule has 25 nitrogen and oxygen atoms in total. The van der Waals surface area contributed by atoms with E-state index in [4.69, 9.17) is 9.47 Å². The molecule has 332 valence electrons. The van der Waals surface area contributed by atoms with Gasteiger partial charge in [-0.25, -0.2) is 4.79 Å². The fourth-order valence-corrected chi connectivity index (χ4v) is 7.58. The number of carbonyl (C=O) groups is 3. The van der Waals surface area contributed by atoms with Crippen LogP contribution in [0.2, 0.25) is 0 Å². The first-order chi connectivity index (χ1) is 30.0. The minimum absolute atomic E-state index is 0.0455. The lowest BCUT2D eigenvalue weighted by Gasteiger charge is -2.12. The molecule has 2 amide bonds. The van der Waals surface area contributed by atoms with Gasteiger partial charge in [0, 0.05) is 30.1 Å². The van der Waals surface area contributed by atoms with Crippen molar-refractivity contribution in [1.82, 2.24) is 0 Å². The van der Waals surface area contributed by atoms with Crippen molar-refractivity contribution in [2.45, 2.75) is 27.7 Å². The van der Waals surface area contributed by atoms with Crippen LogP contribution in [-0.2, 0) is 44.7 Å². The van der Waals surface area contributed by atoms with Gasteiger partial charge in [0.25, 0.3) is 36.3 Å². The average Bonchev–Trinajstić information content (AvgIpc) is 3.56. The first-order valence-electron chi connectivity index (χ1n) is 17.4. The maximum Gasteiger partial charge on any atom is 0.355 e. The molecule has 1 unspecified atom stereocenters. The van der Waals surface area contributed by atoms with Gasteiger partial charge in [-0.1, -0.05) is 0 Å². The molecule has 6 N–H and O–H groups in total. The van der Waals surface area contributed by atoms with Crippen molar-refractivity contribution in [3.8, 4) is 17.2 Å². The first kappa shape index (κ1) is 45.9. The van der Waals surface area contributed by atoms with Crippen LogP contribution in [0.4, 0.5) is 39.8 Å². The number of benzene rings is 5. The third kappa shape index (κ3) is 9.85. The number of methoxy groups -OCH3 is 2. The molecule has 0 fully saturated rings. The van der Waals surface area contributed by atoms with Crippen LogP contribution in [0.5, 0.6) is 17.2 Å². The molecule has 0 spiro atoms. The van der Waals surface area contributed by atoms with E-state index in [2.05, 4.69) is 41.1 Å². The molecule has 1 heterocycles. The molecule has 0 aromatic heterocycles. The molecule has 1 aliphatic rings. The van der Waals surface area contributed by atoms with E-state index < -0.39 is 86.0 Å². The Morgan fingerprint density at radius 1 is 0.719 bits per heavy atom. The SMILES string of the molecule is COc1cc(N=Nc2c(S(=O)(=O)O)cc3cc(N=NC4C(=O)N(c5ccc(S(=O)(=O)O)cc5)N=C4C(=O)O)ccc3c2O)c(OC)cc1N=Nc1ccc(NC(C)=O)cc1S(=O)(=O)O. The number of fused-ring (bicyclic) bond motifs is 1. The molecule has 1 atom stereocenters. The number of hydrazone groups is 1. The average molecular weight is 940 g/mol. The van der Waals surface area contributed by atoms with Crippen molar-refractivity contribution in [1.29, 1.82) is 0 Å². The number of nitrogens with one attached hydrogen (secondary N) is 1. The van der Waals surface area contributed by atoms with Crippen molar-refractivity contribution < 1.29 is 73.0 Å². The summed E-state index contributed by atoms with van der Waals surface area (Å²) in [6, 6.07) is 12.7. The lowest BCUT2D eigenvalue weighted by molar-refractivity contribution is -0.130. The number of carbonyl (C=O) groups excluding carboxylic acids is 2. The van der Waals surface area contributed by atoms with Crippen molar-refractivity contribution >= 4 is 104 Å². The molecule has 5 aromatic carbocycles. The molecule has 0 saturated carbocycles. The van der Waals surface area contributed by atoms with Crippen LogP contribution in [-0.4, -0.2) is 92.9 Å². The van der Waals surface area contributed by atoms with Crippen molar-refractivity contribution in [2.75, 3.05) is 24.5 Å². The molecular weight excluding hydrogens is 911 g/mol. The number of rotatable bonds is 14. The zero-order valence-electron chi connectivity index (χ0n) is 32.6. The second-order valence-corrected chi connectivity index (χ2v) is 17.1. The normalized spacial score (nSPS) is 14.8. The van der Waals surface area contributed by atoms with E-state index in [1.807, 2.05) is 0 Å². The summed E-state index contributed by atoms with van der Waals surface area (Å²) in [6.45, 7) is 1.19. The summed E-state index contributed by atoms with van der Waals surface area (Å²) >= 11 is 0. The number of azo groups is 3. The molecule has 0 bridgehead atoms. The van der Waals surface area contributed by atoms with Crippen LogP contribution >= 0.6 is 0 Å². The standard InChI is InChI=1S/C36H29N9O16S3/c1-17(46)37-19-5-11-24(29(14-19)63(54,55)56)39-40-25-15-28(61-3)26(16-27(25)60-2)41-42-31-30(64(57,58)59)13-18-12-20(4-10-23(18)34(31)47)38-43-32-33(36(49)50)44-45(35(32)48)21-6-8-22(9-7-21)62(51,52)53/h4-16,32,47H,1-3H3,(H,37,46)(H,49,50)(H,51,52,53)(H,54,55,56)(H,57,58,59). The number of carboxylic acid groups (broad SMARTS) is 1. The van der Waals surface area contributed by atoms with E-state index in [1.165, 1.54) is 63.6 Å². The number of aliphatic carboxylic acids is 1. The van der Waals surface area contributed by atoms with E-state index in [0.717, 1.165) is 36.4 Å². The number of ether oxygens (including phenoxy) is 2. The highest BCUT2D eigenvalue weighted by atomic mass is 32.2. The van der Waals surface area contributed by atoms with Crippen molar-refractivity contribution in [3.63, 3.8) is 0 Å². The van der Waals surface area contributed by atoms with Gasteiger partial charge in [0.05, 0.1) is 30.5 Å². The third-order valence-corrected chi connectivity index (χ3v) is 11.3. The molecule has 0 aliphatic carbocycles. The van der Waals surface area contributed by atoms with E-state index in [1.54, 1.807) is 0 Å². The molecule has 64 heavy (non-hydrogen) atoms. The molecular formula is C36H29N9O16S3. The van der Waals surface area contributed by atoms with E-state index in [-0.39, 0.29) is 56.4 Å². The van der Waals surface area contributed by atoms with Crippen LogP contribution in [0.15, 0.2) is 129 Å². The maximum absolute atomic E-state index is 13.2. The molecule has 5 aromatic rings. The Morgan fingerprint density at radius 3 is 1.86 bits per heavy atom. The summed E-state index contributed by atoms with van der Waals surface area (Å²) in [6.07, 6.45) is 0. The molecule has 0 saturated heterocycles. The Hall–Kier alpha value is -7.63. The smallest absolute Gasteiger partial charge is 0.355 e. The number of hydrogen-bond acceptors (Lipinski definition) is 19. The zero-order valence-corrected chi connectivity index (χ0v) is 35.1. The number of phenolic OH excluding ortho intramolecular Hbond substituents is 1. The third-order valence-electron chi connectivity index (χ3n) is 8.67. The minimum atomic E-state index is -5.16. The van der Waals surface area contributed by atoms with Gasteiger partial charge in [0.15, 0.2) is 11.5 Å². The summed E-state index contributed by atoms with van der Waals surface area (Å²) in [4.78, 5) is 34.5. The van der Waals surface area contributed by atoms with E-state index in [9.17, 15) is 63.5 Å². The number of aromatic hydroxyl groups is 1. The number of anilines is 2. The van der Waals surface area contributed by atoms with Gasteiger partial charge in [-0.05, 0) is 72.1 Å². The Kier molecular flexibility index (Phi) is 12.6. The largest absolute Gasteiger partial charge is 0.505 e. The lowest BCUT2D eigenvalue weighted by atomic mass is 10.1. The van der Waals surface area contributed by atoms with Gasteiger partial charge in [-0.2, -0.15) is 45.6 Å². The van der Waals surface area contributed by atoms with Gasteiger partial charge < -0.3 is 25.0 Å². The number of phenols is 1. The Labute approximate surface area is 360 Å². The van der Waals surface area contributed by atoms with Gasteiger partial charge in [0.2, 0.25) is 11.9 Å². The van der Waals surface area contributed by atoms with E-state index >= 15 is 0 Å².